The Hall–Kier alpha value is -4.16. The highest BCUT2D eigenvalue weighted by atomic mass is 19.4. The van der Waals surface area contributed by atoms with Crippen molar-refractivity contribution in [1.82, 2.24) is 24.9 Å². The summed E-state index contributed by atoms with van der Waals surface area (Å²) in [5.74, 6) is -2.37. The normalized spacial score (nSPS) is 18.0. The number of hydrogen-bond acceptors (Lipinski definition) is 7. The summed E-state index contributed by atoms with van der Waals surface area (Å²) >= 11 is 0. The number of halogens is 3. The lowest BCUT2D eigenvalue weighted by atomic mass is 10.1. The molecule has 194 valence electrons. The van der Waals surface area contributed by atoms with Gasteiger partial charge >= 0.3 is 12.1 Å². The van der Waals surface area contributed by atoms with Crippen LogP contribution in [0.15, 0.2) is 24.3 Å². The first-order chi connectivity index (χ1) is 17.5. The summed E-state index contributed by atoms with van der Waals surface area (Å²) in [7, 11) is 1.72. The van der Waals surface area contributed by atoms with Gasteiger partial charge in [-0.2, -0.15) is 17.9 Å². The van der Waals surface area contributed by atoms with E-state index in [-0.39, 0.29) is 41.9 Å². The maximum absolute atomic E-state index is 13.1. The minimum absolute atomic E-state index is 0.0591. The van der Waals surface area contributed by atoms with E-state index in [0.717, 1.165) is 4.73 Å². The van der Waals surface area contributed by atoms with Crippen LogP contribution in [0.5, 0.6) is 0 Å². The summed E-state index contributed by atoms with van der Waals surface area (Å²) in [5, 5.41) is 5.96. The summed E-state index contributed by atoms with van der Waals surface area (Å²) in [6.07, 6.45) is -4.05. The Bertz CT molecular complexity index is 1430. The standard InChI is InChI=1S/C24H23F3N6O4/c1-12-21(30-13-6-7-19(34)32(2)11-13)31-20-14(4-3-5-16(20)29-12)18-10-15-17(8-9-28-22(15)35)33(18)37-23(36)24(25,26)27/h3-5,10,13H,6-9,11H2,1-2H3,(H,28,35)(H,30,31). The molecular formula is C24H23F3N6O4. The highest BCUT2D eigenvalue weighted by molar-refractivity contribution is 6.00. The number of piperidine rings is 1. The number of anilines is 1. The number of carbonyl (C=O) groups excluding carboxylic acids is 3. The SMILES string of the molecule is Cc1nc2cccc(-c3cc4c(n3OC(=O)C(F)(F)F)CCNC4=O)c2nc1NC1CCC(=O)N(C)C1. The van der Waals surface area contributed by atoms with E-state index in [1.54, 1.807) is 37.1 Å². The van der Waals surface area contributed by atoms with Gasteiger partial charge in [-0.1, -0.05) is 12.1 Å². The Kier molecular flexibility index (Phi) is 6.00. The number of nitrogens with one attached hydrogen (secondary N) is 2. The Morgan fingerprint density at radius 1 is 1.19 bits per heavy atom. The number of aromatic nitrogens is 3. The van der Waals surface area contributed by atoms with Crippen molar-refractivity contribution < 1.29 is 32.4 Å². The number of alkyl halides is 3. The molecule has 1 aromatic carbocycles. The van der Waals surface area contributed by atoms with E-state index in [2.05, 4.69) is 15.6 Å². The number of hydrogen-bond donors (Lipinski definition) is 2. The number of nitrogens with zero attached hydrogens (tertiary/aromatic N) is 4. The van der Waals surface area contributed by atoms with Crippen LogP contribution >= 0.6 is 0 Å². The Balaban J connectivity index is 1.61. The van der Waals surface area contributed by atoms with Gasteiger partial charge in [0.2, 0.25) is 5.91 Å². The average molecular weight is 516 g/mol. The summed E-state index contributed by atoms with van der Waals surface area (Å²) in [6, 6.07) is 6.30. The van der Waals surface area contributed by atoms with Crippen LogP contribution in [0.4, 0.5) is 19.0 Å². The molecule has 1 unspecified atom stereocenters. The van der Waals surface area contributed by atoms with E-state index in [9.17, 15) is 27.6 Å². The summed E-state index contributed by atoms with van der Waals surface area (Å²) in [6.45, 7) is 2.44. The zero-order valence-electron chi connectivity index (χ0n) is 20.0. The number of rotatable bonds is 4. The number of aryl methyl sites for hydroxylation is 1. The lowest BCUT2D eigenvalue weighted by Gasteiger charge is -2.30. The molecule has 10 nitrogen and oxygen atoms in total. The van der Waals surface area contributed by atoms with E-state index < -0.39 is 18.1 Å². The van der Waals surface area contributed by atoms with Crippen LogP contribution in [-0.4, -0.2) is 69.7 Å². The molecule has 5 rings (SSSR count). The van der Waals surface area contributed by atoms with E-state index in [1.165, 1.54) is 6.07 Å². The van der Waals surface area contributed by atoms with Crippen LogP contribution in [0.2, 0.25) is 0 Å². The maximum Gasteiger partial charge on any atom is 0.493 e. The van der Waals surface area contributed by atoms with E-state index in [4.69, 9.17) is 9.82 Å². The van der Waals surface area contributed by atoms with Crippen molar-refractivity contribution in [3.05, 3.63) is 41.2 Å². The molecule has 2 amide bonds. The van der Waals surface area contributed by atoms with Gasteiger partial charge in [-0.3, -0.25) is 9.59 Å². The fourth-order valence-corrected chi connectivity index (χ4v) is 4.61. The van der Waals surface area contributed by atoms with Crippen LogP contribution in [0, 0.1) is 6.92 Å². The van der Waals surface area contributed by atoms with Crippen molar-refractivity contribution in [2.45, 2.75) is 38.4 Å². The first-order valence-corrected chi connectivity index (χ1v) is 11.6. The van der Waals surface area contributed by atoms with Gasteiger partial charge < -0.3 is 20.4 Å². The molecule has 0 radical (unpaired) electrons. The van der Waals surface area contributed by atoms with E-state index in [1.807, 2.05) is 0 Å². The second kappa shape index (κ2) is 9.05. The average Bonchev–Trinajstić information content (AvgIpc) is 3.20. The molecule has 0 bridgehead atoms. The minimum atomic E-state index is -5.23. The lowest BCUT2D eigenvalue weighted by molar-refractivity contribution is -0.199. The summed E-state index contributed by atoms with van der Waals surface area (Å²) in [4.78, 5) is 51.8. The number of para-hydroxylation sites is 1. The van der Waals surface area contributed by atoms with Gasteiger partial charge in [-0.15, -0.1) is 0 Å². The minimum Gasteiger partial charge on any atom is -0.364 e. The van der Waals surface area contributed by atoms with Crippen LogP contribution in [0.3, 0.4) is 0 Å². The number of amides is 2. The quantitative estimate of drug-likeness (QED) is 0.546. The number of carbonyl (C=O) groups is 3. The van der Waals surface area contributed by atoms with Gasteiger partial charge in [0.1, 0.15) is 11.3 Å². The molecule has 37 heavy (non-hydrogen) atoms. The monoisotopic (exact) mass is 516 g/mol. The molecule has 0 spiro atoms. The van der Waals surface area contributed by atoms with E-state index >= 15 is 0 Å². The van der Waals surface area contributed by atoms with Crippen LogP contribution in [0.25, 0.3) is 22.3 Å². The largest absolute Gasteiger partial charge is 0.493 e. The third-order valence-corrected chi connectivity index (χ3v) is 6.47. The molecule has 13 heteroatoms. The third-order valence-electron chi connectivity index (χ3n) is 6.47. The fraction of sp³-hybridized carbons (Fsp3) is 0.375. The Labute approximate surface area is 208 Å². The predicted molar refractivity (Wildman–Crippen MR) is 126 cm³/mol. The molecule has 1 fully saturated rings. The molecule has 2 aliphatic rings. The van der Waals surface area contributed by atoms with Gasteiger partial charge in [0.05, 0.1) is 28.2 Å². The molecule has 1 atom stereocenters. The zero-order chi connectivity index (χ0) is 26.5. The van der Waals surface area contributed by atoms with Crippen molar-refractivity contribution in [3.8, 4) is 11.3 Å². The number of fused-ring (bicyclic) bond motifs is 2. The highest BCUT2D eigenvalue weighted by Crippen LogP contribution is 2.33. The van der Waals surface area contributed by atoms with Gasteiger partial charge in [0.15, 0.2) is 0 Å². The van der Waals surface area contributed by atoms with Gasteiger partial charge in [0.25, 0.3) is 5.91 Å². The van der Waals surface area contributed by atoms with Crippen molar-refractivity contribution in [1.29, 1.82) is 0 Å². The first-order valence-electron chi connectivity index (χ1n) is 11.6. The van der Waals surface area contributed by atoms with Crippen LogP contribution in [0.1, 0.15) is 34.6 Å². The van der Waals surface area contributed by atoms with Crippen molar-refractivity contribution in [3.63, 3.8) is 0 Å². The first kappa shape index (κ1) is 24.5. The molecule has 4 heterocycles. The topological polar surface area (TPSA) is 118 Å². The molecule has 2 aromatic heterocycles. The Morgan fingerprint density at radius 3 is 2.70 bits per heavy atom. The maximum atomic E-state index is 13.1. The molecule has 0 saturated carbocycles. The Morgan fingerprint density at radius 2 is 1.97 bits per heavy atom. The predicted octanol–water partition coefficient (Wildman–Crippen LogP) is 2.24. The van der Waals surface area contributed by atoms with Crippen molar-refractivity contribution in [2.24, 2.45) is 0 Å². The number of likely N-dealkylation sites (N-methyl/N-ethyl adjacent to an activating group) is 1. The smallest absolute Gasteiger partial charge is 0.364 e. The fourth-order valence-electron chi connectivity index (χ4n) is 4.61. The number of benzene rings is 1. The second-order valence-corrected chi connectivity index (χ2v) is 9.05. The zero-order valence-corrected chi connectivity index (χ0v) is 20.0. The summed E-state index contributed by atoms with van der Waals surface area (Å²) < 4.78 is 40.0. The lowest BCUT2D eigenvalue weighted by Crippen LogP contribution is -2.43. The molecule has 0 aliphatic carbocycles. The summed E-state index contributed by atoms with van der Waals surface area (Å²) in [5.41, 5.74) is 2.08. The van der Waals surface area contributed by atoms with Gasteiger partial charge in [0, 0.05) is 44.6 Å². The van der Waals surface area contributed by atoms with Crippen LogP contribution in [-0.2, 0) is 16.0 Å². The molecular weight excluding hydrogens is 493 g/mol. The van der Waals surface area contributed by atoms with E-state index in [0.29, 0.717) is 47.5 Å². The van der Waals surface area contributed by atoms with Gasteiger partial charge in [-0.25, -0.2) is 14.8 Å². The van der Waals surface area contributed by atoms with Crippen molar-refractivity contribution in [2.75, 3.05) is 25.5 Å². The highest BCUT2D eigenvalue weighted by Gasteiger charge is 2.43. The molecule has 2 aliphatic heterocycles. The number of likely N-dealkylation sites (tertiary alicyclic amines) is 1. The second-order valence-electron chi connectivity index (χ2n) is 9.05. The molecule has 3 aromatic rings. The van der Waals surface area contributed by atoms with Gasteiger partial charge in [-0.05, 0) is 25.5 Å². The third kappa shape index (κ3) is 4.56. The van der Waals surface area contributed by atoms with Crippen molar-refractivity contribution >= 4 is 34.6 Å². The molecule has 2 N–H and O–H groups in total. The molecule has 1 saturated heterocycles. The van der Waals surface area contributed by atoms with Crippen LogP contribution < -0.4 is 15.5 Å².